The van der Waals surface area contributed by atoms with Crippen molar-refractivity contribution in [1.29, 1.82) is 0 Å². The van der Waals surface area contributed by atoms with Crippen LogP contribution >= 0.6 is 0 Å². The zero-order valence-corrected chi connectivity index (χ0v) is 20.9. The van der Waals surface area contributed by atoms with Crippen molar-refractivity contribution in [3.05, 3.63) is 12.3 Å². The number of hydrogen-bond acceptors (Lipinski definition) is 4. The van der Waals surface area contributed by atoms with E-state index in [0.717, 1.165) is 44.9 Å². The van der Waals surface area contributed by atoms with Gasteiger partial charge in [0.25, 0.3) is 0 Å². The maximum absolute atomic E-state index is 12.5. The van der Waals surface area contributed by atoms with Crippen molar-refractivity contribution in [2.45, 2.75) is 96.7 Å². The van der Waals surface area contributed by atoms with E-state index in [1.807, 2.05) is 20.8 Å². The van der Waals surface area contributed by atoms with E-state index in [1.165, 1.54) is 0 Å². The first-order valence-corrected chi connectivity index (χ1v) is 9.80. The third-order valence-electron chi connectivity index (χ3n) is 6.18. The maximum Gasteiger partial charge on any atom is 1.00 e. The van der Waals surface area contributed by atoms with Gasteiger partial charge in [0.15, 0.2) is 0 Å². The van der Waals surface area contributed by atoms with E-state index >= 15 is 0 Å². The van der Waals surface area contributed by atoms with Crippen molar-refractivity contribution in [2.24, 2.45) is 28.2 Å². The van der Waals surface area contributed by atoms with Crippen LogP contribution in [-0.4, -0.2) is 23.5 Å². The summed E-state index contributed by atoms with van der Waals surface area (Å²) in [6.45, 7) is 8.16. The predicted molar refractivity (Wildman–Crippen MR) is 104 cm³/mol. The molecule has 0 saturated heterocycles. The van der Waals surface area contributed by atoms with Crippen molar-refractivity contribution < 1.29 is 56.2 Å². The fourth-order valence-corrected chi connectivity index (χ4v) is 5.16. The Bertz CT molecular complexity index is 472. The molecular weight excluding hydrogens is 353 g/mol. The molecule has 5 unspecified atom stereocenters. The topological polar surface area (TPSA) is 84.6 Å². The molecule has 3 aliphatic carbocycles. The zero-order valence-electron chi connectivity index (χ0n) is 17.8. The number of nitrogens with zero attached hydrogens (tertiary/aromatic N) is 1. The average molecular weight is 392 g/mol. The SMILES string of the molecule is CC.CCC1CC2CC(C)(N=O)CC(C(N)C(=O)NC3CC3)(C1)C2.[CH3-].[K+]. The number of fused-ring (bicyclic) bond motifs is 2. The first-order valence-electron chi connectivity index (χ1n) is 9.80. The van der Waals surface area contributed by atoms with Crippen LogP contribution in [0.1, 0.15) is 79.1 Å². The van der Waals surface area contributed by atoms with Gasteiger partial charge >= 0.3 is 51.4 Å². The van der Waals surface area contributed by atoms with Gasteiger partial charge in [-0.15, -0.1) is 0 Å². The molecule has 3 fully saturated rings. The summed E-state index contributed by atoms with van der Waals surface area (Å²) in [5.74, 6) is 1.08. The van der Waals surface area contributed by atoms with Crippen LogP contribution in [0.15, 0.2) is 5.18 Å². The Hall–Kier alpha value is 0.666. The minimum absolute atomic E-state index is 0. The van der Waals surface area contributed by atoms with E-state index in [-0.39, 0.29) is 70.1 Å². The van der Waals surface area contributed by atoms with Gasteiger partial charge in [-0.1, -0.05) is 32.4 Å². The largest absolute Gasteiger partial charge is 1.00 e. The van der Waals surface area contributed by atoms with E-state index in [1.54, 1.807) is 0 Å². The van der Waals surface area contributed by atoms with Gasteiger partial charge in [0.1, 0.15) is 5.54 Å². The van der Waals surface area contributed by atoms with E-state index in [4.69, 9.17) is 5.73 Å². The molecule has 5 nitrogen and oxygen atoms in total. The smallest absolute Gasteiger partial charge is 0.358 e. The standard InChI is InChI=1S/C17H29N3O2.C2H6.CH3.K/c1-3-11-6-12-7-16(2,20-22)10-17(8-11,9-12)14(18)15(21)19-13-4-5-13;1-2;;/h11-14H,3-10,18H2,1-2H3,(H,19,21);1-2H3;1H3;/q;;-1;+1. The van der Waals surface area contributed by atoms with Crippen molar-refractivity contribution >= 4 is 5.91 Å². The summed E-state index contributed by atoms with van der Waals surface area (Å²) in [5, 5.41) is 6.49. The number of nitroso groups, excluding NO2 is 1. The fraction of sp³-hybridized carbons (Fsp3) is 0.900. The first-order chi connectivity index (χ1) is 11.4. The Balaban J connectivity index is 0.00000151. The number of nitrogens with two attached hydrogens (primary N) is 1. The monoisotopic (exact) mass is 391 g/mol. The Morgan fingerprint density at radius 2 is 1.88 bits per heavy atom. The van der Waals surface area contributed by atoms with Gasteiger partial charge in [-0.25, -0.2) is 0 Å². The van der Waals surface area contributed by atoms with E-state index in [0.29, 0.717) is 24.3 Å². The molecule has 3 aliphatic rings. The molecule has 0 radical (unpaired) electrons. The summed E-state index contributed by atoms with van der Waals surface area (Å²) in [6.07, 6.45) is 7.87. The van der Waals surface area contributed by atoms with Gasteiger partial charge in [0, 0.05) is 6.04 Å². The van der Waals surface area contributed by atoms with Gasteiger partial charge in [-0.05, 0) is 69.1 Å². The third kappa shape index (κ3) is 6.08. The van der Waals surface area contributed by atoms with E-state index < -0.39 is 11.6 Å². The van der Waals surface area contributed by atoms with Gasteiger partial charge in [0.2, 0.25) is 5.91 Å². The summed E-state index contributed by atoms with van der Waals surface area (Å²) >= 11 is 0. The molecule has 3 N–H and O–H groups in total. The number of nitrogens with one attached hydrogen (secondary N) is 1. The molecule has 2 bridgehead atoms. The summed E-state index contributed by atoms with van der Waals surface area (Å²) in [4.78, 5) is 23.9. The molecule has 1 amide bonds. The molecule has 146 valence electrons. The van der Waals surface area contributed by atoms with Crippen LogP contribution in [0.2, 0.25) is 0 Å². The van der Waals surface area contributed by atoms with Gasteiger partial charge in [0.05, 0.1) is 6.04 Å². The number of carbonyl (C=O) groups is 1. The van der Waals surface area contributed by atoms with Crippen LogP contribution < -0.4 is 62.4 Å². The van der Waals surface area contributed by atoms with Crippen molar-refractivity contribution in [2.75, 3.05) is 0 Å². The zero-order chi connectivity index (χ0) is 18.0. The van der Waals surface area contributed by atoms with Crippen LogP contribution in [0.3, 0.4) is 0 Å². The van der Waals surface area contributed by atoms with Crippen LogP contribution in [0, 0.1) is 29.6 Å². The van der Waals surface area contributed by atoms with Gasteiger partial charge < -0.3 is 18.5 Å². The van der Waals surface area contributed by atoms with E-state index in [9.17, 15) is 9.70 Å². The Labute approximate surface area is 202 Å². The number of amides is 1. The van der Waals surface area contributed by atoms with Crippen LogP contribution in [0.5, 0.6) is 0 Å². The summed E-state index contributed by atoms with van der Waals surface area (Å²) in [6, 6.07) is -0.179. The number of hydrogen-bond donors (Lipinski definition) is 2. The Morgan fingerprint density at radius 1 is 1.27 bits per heavy atom. The van der Waals surface area contributed by atoms with Crippen molar-refractivity contribution in [3.8, 4) is 0 Å². The molecule has 0 aromatic carbocycles. The number of carbonyl (C=O) groups excluding carboxylic acids is 1. The first kappa shape index (κ1) is 26.7. The summed E-state index contributed by atoms with van der Waals surface area (Å²) < 4.78 is 0. The second-order valence-electron chi connectivity index (χ2n) is 8.38. The van der Waals surface area contributed by atoms with Crippen LogP contribution in [0.4, 0.5) is 0 Å². The third-order valence-corrected chi connectivity index (χ3v) is 6.18. The molecule has 26 heavy (non-hydrogen) atoms. The molecule has 0 spiro atoms. The molecule has 0 aliphatic heterocycles. The Morgan fingerprint density at radius 3 is 2.38 bits per heavy atom. The van der Waals surface area contributed by atoms with E-state index in [2.05, 4.69) is 17.4 Å². The predicted octanol–water partition coefficient (Wildman–Crippen LogP) is 1.20. The summed E-state index contributed by atoms with van der Waals surface area (Å²) in [5.41, 5.74) is 5.64. The molecular formula is C20H38KN3O2. The summed E-state index contributed by atoms with van der Waals surface area (Å²) in [7, 11) is 0. The van der Waals surface area contributed by atoms with Crippen molar-refractivity contribution in [3.63, 3.8) is 0 Å². The minimum Gasteiger partial charge on any atom is -0.358 e. The molecule has 3 saturated carbocycles. The van der Waals surface area contributed by atoms with Gasteiger partial charge in [-0.2, -0.15) is 4.91 Å². The maximum atomic E-state index is 12.5. The van der Waals surface area contributed by atoms with Crippen LogP contribution in [0.25, 0.3) is 0 Å². The fourth-order valence-electron chi connectivity index (χ4n) is 5.16. The second-order valence-corrected chi connectivity index (χ2v) is 8.38. The van der Waals surface area contributed by atoms with Crippen molar-refractivity contribution in [1.82, 2.24) is 5.32 Å². The second kappa shape index (κ2) is 11.0. The van der Waals surface area contributed by atoms with Crippen LogP contribution in [-0.2, 0) is 4.79 Å². The van der Waals surface area contributed by atoms with Gasteiger partial charge in [-0.3, -0.25) is 4.79 Å². The molecule has 0 heterocycles. The molecule has 0 aromatic heterocycles. The normalized spacial score (nSPS) is 36.2. The molecule has 3 rings (SSSR count). The molecule has 6 heteroatoms. The Kier molecular flexibility index (Phi) is 11.3. The average Bonchev–Trinajstić information content (AvgIpc) is 3.38. The molecule has 5 atom stereocenters. The molecule has 0 aromatic rings. The quantitative estimate of drug-likeness (QED) is 0.420. The number of rotatable bonds is 5. The minimum atomic E-state index is -0.556.